The Labute approximate surface area is 68.3 Å². The van der Waals surface area contributed by atoms with Gasteiger partial charge < -0.3 is 20.3 Å². The summed E-state index contributed by atoms with van der Waals surface area (Å²) in [5, 5.41) is 10.6. The third kappa shape index (κ3) is 3.81. The highest BCUT2D eigenvalue weighted by molar-refractivity contribution is 7.75. The van der Waals surface area contributed by atoms with Crippen LogP contribution in [0.1, 0.15) is 0 Å². The van der Waals surface area contributed by atoms with Gasteiger partial charge in [-0.2, -0.15) is 0 Å². The third-order valence-electron chi connectivity index (χ3n) is 0.796. The zero-order valence-electron chi connectivity index (χ0n) is 5.48. The highest BCUT2D eigenvalue weighted by Gasteiger charge is 2.16. The molecule has 0 radical (unpaired) electrons. The lowest BCUT2D eigenvalue weighted by Gasteiger charge is -2.07. The predicted molar refractivity (Wildman–Crippen MR) is 38.3 cm³/mol. The number of amides is 1. The molecule has 0 aliphatic heterocycles. The van der Waals surface area contributed by atoms with Crippen molar-refractivity contribution in [3.8, 4) is 0 Å². The molecule has 11 heavy (non-hydrogen) atoms. The standard InChI is InChI=1S/C4H8N2O4S/c5-1-2(7)6-3(8)4(9)10-11/h3,8,11H,1,5H2,(H,6,7). The molecule has 1 atom stereocenters. The summed E-state index contributed by atoms with van der Waals surface area (Å²) < 4.78 is 3.81. The Balaban J connectivity index is 3.77. The number of rotatable bonds is 3. The monoisotopic (exact) mass is 180 g/mol. The quantitative estimate of drug-likeness (QED) is 0.223. The molecule has 0 saturated heterocycles. The van der Waals surface area contributed by atoms with Gasteiger partial charge in [-0.1, -0.05) is 0 Å². The SMILES string of the molecule is NCC(=O)NC(O)C(=O)OS. The predicted octanol–water partition coefficient (Wildman–Crippen LogP) is -2.23. The Bertz CT molecular complexity index is 162. The van der Waals surface area contributed by atoms with Crippen molar-refractivity contribution < 1.29 is 18.9 Å². The lowest BCUT2D eigenvalue weighted by atomic mass is 10.5. The largest absolute Gasteiger partial charge is 0.391 e. The molecule has 0 aliphatic carbocycles. The van der Waals surface area contributed by atoms with Crippen molar-refractivity contribution >= 4 is 24.8 Å². The molecule has 0 aromatic heterocycles. The second kappa shape index (κ2) is 4.94. The number of aliphatic hydroxyl groups excluding tert-OH is 1. The summed E-state index contributed by atoms with van der Waals surface area (Å²) in [5.74, 6) is -1.72. The van der Waals surface area contributed by atoms with Crippen molar-refractivity contribution in [2.45, 2.75) is 6.23 Å². The van der Waals surface area contributed by atoms with Gasteiger partial charge in [0.15, 0.2) is 0 Å². The summed E-state index contributed by atoms with van der Waals surface area (Å²) in [6.45, 7) is -0.309. The van der Waals surface area contributed by atoms with E-state index in [1.807, 2.05) is 5.32 Å². The number of hydrogen-bond acceptors (Lipinski definition) is 6. The molecule has 0 aromatic carbocycles. The Morgan fingerprint density at radius 3 is 2.64 bits per heavy atom. The lowest BCUT2D eigenvalue weighted by molar-refractivity contribution is -0.146. The van der Waals surface area contributed by atoms with Crippen LogP contribution >= 0.6 is 12.9 Å². The lowest BCUT2D eigenvalue weighted by Crippen LogP contribution is -2.43. The van der Waals surface area contributed by atoms with Crippen molar-refractivity contribution in [3.63, 3.8) is 0 Å². The summed E-state index contributed by atoms with van der Waals surface area (Å²) in [4.78, 5) is 20.8. The van der Waals surface area contributed by atoms with Gasteiger partial charge in [0.2, 0.25) is 12.1 Å². The van der Waals surface area contributed by atoms with Crippen molar-refractivity contribution in [2.24, 2.45) is 5.73 Å². The highest BCUT2D eigenvalue weighted by atomic mass is 32.1. The summed E-state index contributed by atoms with van der Waals surface area (Å²) >= 11 is 3.11. The molecule has 4 N–H and O–H groups in total. The highest BCUT2D eigenvalue weighted by Crippen LogP contribution is 1.86. The van der Waals surface area contributed by atoms with Gasteiger partial charge in [0.25, 0.3) is 0 Å². The molecule has 0 saturated carbocycles. The van der Waals surface area contributed by atoms with E-state index in [0.29, 0.717) is 0 Å². The van der Waals surface area contributed by atoms with Crippen molar-refractivity contribution in [1.29, 1.82) is 0 Å². The molecule has 0 fully saturated rings. The van der Waals surface area contributed by atoms with E-state index >= 15 is 0 Å². The van der Waals surface area contributed by atoms with Crippen LogP contribution in [-0.4, -0.2) is 29.8 Å². The number of carbonyl (C=O) groups is 2. The maximum atomic E-state index is 10.4. The van der Waals surface area contributed by atoms with Crippen LogP contribution < -0.4 is 11.1 Å². The number of hydrogen-bond donors (Lipinski definition) is 4. The summed E-state index contributed by atoms with van der Waals surface area (Å²) in [7, 11) is 0. The molecule has 7 heteroatoms. The first-order chi connectivity index (χ1) is 5.11. The van der Waals surface area contributed by atoms with Crippen molar-refractivity contribution in [2.75, 3.05) is 6.54 Å². The number of thiol groups is 1. The van der Waals surface area contributed by atoms with Crippen LogP contribution in [0.5, 0.6) is 0 Å². The van der Waals surface area contributed by atoms with Crippen LogP contribution in [0.25, 0.3) is 0 Å². The van der Waals surface area contributed by atoms with E-state index in [0.717, 1.165) is 0 Å². The Kier molecular flexibility index (Phi) is 4.59. The molecule has 64 valence electrons. The van der Waals surface area contributed by atoms with Crippen LogP contribution in [0.3, 0.4) is 0 Å². The van der Waals surface area contributed by atoms with Crippen LogP contribution in [0.2, 0.25) is 0 Å². The van der Waals surface area contributed by atoms with Crippen LogP contribution in [-0.2, 0) is 13.8 Å². The Hall–Kier alpha value is -0.790. The van der Waals surface area contributed by atoms with Gasteiger partial charge in [0.05, 0.1) is 6.54 Å². The topological polar surface area (TPSA) is 102 Å². The number of aliphatic hydroxyl groups is 1. The van der Waals surface area contributed by atoms with Gasteiger partial charge in [0, 0.05) is 12.9 Å². The van der Waals surface area contributed by atoms with Gasteiger partial charge in [-0.25, -0.2) is 4.79 Å². The first-order valence-corrected chi connectivity index (χ1v) is 3.01. The van der Waals surface area contributed by atoms with Gasteiger partial charge in [-0.3, -0.25) is 4.79 Å². The van der Waals surface area contributed by atoms with E-state index in [1.165, 1.54) is 0 Å². The fourth-order valence-electron chi connectivity index (χ4n) is 0.320. The van der Waals surface area contributed by atoms with Gasteiger partial charge >= 0.3 is 5.97 Å². The van der Waals surface area contributed by atoms with E-state index in [2.05, 4.69) is 17.1 Å². The molecule has 0 spiro atoms. The van der Waals surface area contributed by atoms with Crippen molar-refractivity contribution in [1.82, 2.24) is 5.32 Å². The molecular weight excluding hydrogens is 172 g/mol. The van der Waals surface area contributed by atoms with E-state index < -0.39 is 18.1 Å². The van der Waals surface area contributed by atoms with E-state index in [1.54, 1.807) is 0 Å². The first kappa shape index (κ1) is 10.2. The normalized spacial score (nSPS) is 11.9. The minimum Gasteiger partial charge on any atom is -0.391 e. The van der Waals surface area contributed by atoms with E-state index in [4.69, 9.17) is 10.8 Å². The van der Waals surface area contributed by atoms with Gasteiger partial charge in [-0.15, -0.1) is 0 Å². The second-order valence-corrected chi connectivity index (χ2v) is 1.77. The molecule has 1 amide bonds. The summed E-state index contributed by atoms with van der Waals surface area (Å²) in [5.41, 5.74) is 4.87. The first-order valence-electron chi connectivity index (χ1n) is 2.64. The molecule has 0 aromatic rings. The molecule has 0 bridgehead atoms. The Morgan fingerprint density at radius 1 is 1.73 bits per heavy atom. The molecule has 0 rings (SSSR count). The molecule has 0 heterocycles. The third-order valence-corrected chi connectivity index (χ3v) is 0.976. The zero-order valence-corrected chi connectivity index (χ0v) is 6.38. The van der Waals surface area contributed by atoms with Crippen LogP contribution in [0.4, 0.5) is 0 Å². The second-order valence-electron chi connectivity index (χ2n) is 1.58. The van der Waals surface area contributed by atoms with Gasteiger partial charge in [0.1, 0.15) is 0 Å². The number of carbonyl (C=O) groups excluding carboxylic acids is 2. The van der Waals surface area contributed by atoms with Crippen LogP contribution in [0, 0.1) is 0 Å². The minimum absolute atomic E-state index is 0.309. The number of nitrogens with one attached hydrogen (secondary N) is 1. The van der Waals surface area contributed by atoms with Gasteiger partial charge in [-0.05, 0) is 0 Å². The zero-order chi connectivity index (χ0) is 8.85. The molecule has 6 nitrogen and oxygen atoms in total. The molecular formula is C4H8N2O4S. The maximum absolute atomic E-state index is 10.4. The van der Waals surface area contributed by atoms with Crippen molar-refractivity contribution in [3.05, 3.63) is 0 Å². The molecule has 0 aliphatic rings. The summed E-state index contributed by atoms with van der Waals surface area (Å²) in [6.07, 6.45) is -1.71. The average molecular weight is 180 g/mol. The molecule has 1 unspecified atom stereocenters. The summed E-state index contributed by atoms with van der Waals surface area (Å²) in [6, 6.07) is 0. The number of nitrogens with two attached hydrogens (primary N) is 1. The fourth-order valence-corrected chi connectivity index (χ4v) is 0.420. The average Bonchev–Trinajstić information content (AvgIpc) is 2.02. The van der Waals surface area contributed by atoms with E-state index in [-0.39, 0.29) is 6.54 Å². The smallest absolute Gasteiger partial charge is 0.368 e. The van der Waals surface area contributed by atoms with E-state index in [9.17, 15) is 9.59 Å². The fraction of sp³-hybridized carbons (Fsp3) is 0.500. The maximum Gasteiger partial charge on any atom is 0.368 e. The Morgan fingerprint density at radius 2 is 2.27 bits per heavy atom. The van der Waals surface area contributed by atoms with Crippen LogP contribution in [0.15, 0.2) is 0 Å². The minimum atomic E-state index is -1.71.